The average Bonchev–Trinajstić information content (AvgIpc) is 2.99. The molecule has 0 fully saturated rings. The lowest BCUT2D eigenvalue weighted by Crippen LogP contribution is -2.56. The summed E-state index contributed by atoms with van der Waals surface area (Å²) in [5.74, 6) is -1.91. The Balaban J connectivity index is 2.17. The normalized spacial score (nSPS) is 12.8. The van der Waals surface area contributed by atoms with Gasteiger partial charge in [0.05, 0.1) is 6.04 Å². The molecule has 2 rings (SSSR count). The van der Waals surface area contributed by atoms with Crippen molar-refractivity contribution < 1.29 is 14.4 Å². The maximum Gasteiger partial charge on any atom is 0.243 e. The number of nitrogens with one attached hydrogen (secondary N) is 2. The molecule has 0 spiro atoms. The number of rotatable bonds is 19. The van der Waals surface area contributed by atoms with Crippen LogP contribution < -0.4 is 45.0 Å². The van der Waals surface area contributed by atoms with Gasteiger partial charge >= 0.3 is 0 Å². The monoisotopic (exact) mass is 608 g/mol. The Hall–Kier alpha value is -4.65. The molecule has 3 amide bonds. The summed E-state index contributed by atoms with van der Waals surface area (Å²) in [6.07, 6.45) is 4.92. The lowest BCUT2D eigenvalue weighted by molar-refractivity contribution is -0.131. The van der Waals surface area contributed by atoms with Crippen molar-refractivity contribution in [1.29, 1.82) is 0 Å². The number of guanidine groups is 2. The second-order valence-corrected chi connectivity index (χ2v) is 10.7. The fourth-order valence-corrected chi connectivity index (χ4v) is 4.51. The van der Waals surface area contributed by atoms with Crippen LogP contribution in [0.25, 0.3) is 11.1 Å². The van der Waals surface area contributed by atoms with Crippen LogP contribution in [0.3, 0.4) is 0 Å². The number of amides is 3. The fraction of sp³-hybridized carbons (Fsp3) is 0.452. The zero-order valence-electron chi connectivity index (χ0n) is 25.5. The fourth-order valence-electron chi connectivity index (χ4n) is 4.51. The van der Waals surface area contributed by atoms with Crippen molar-refractivity contribution in [1.82, 2.24) is 10.6 Å². The SMILES string of the molecule is CCCCc1ccc(-c2ccc(CC(NC(=O)[C@@H](N)CCCN=C(N)N)C(=O)N[C@@H](CCCN=C(N)N)C(N)=O)cc2)cc1. The number of benzene rings is 2. The first-order valence-electron chi connectivity index (χ1n) is 14.9. The van der Waals surface area contributed by atoms with E-state index < -0.39 is 35.8 Å². The summed E-state index contributed by atoms with van der Waals surface area (Å²) in [5, 5.41) is 5.41. The highest BCUT2D eigenvalue weighted by Gasteiger charge is 2.27. The van der Waals surface area contributed by atoms with Crippen molar-refractivity contribution >= 4 is 29.6 Å². The van der Waals surface area contributed by atoms with Crippen LogP contribution in [0.4, 0.5) is 0 Å². The first kappa shape index (κ1) is 35.5. The van der Waals surface area contributed by atoms with Gasteiger partial charge in [0.25, 0.3) is 0 Å². The highest BCUT2D eigenvalue weighted by molar-refractivity contribution is 5.92. The van der Waals surface area contributed by atoms with Gasteiger partial charge in [0.1, 0.15) is 12.1 Å². The standard InChI is InChI=1S/C31H48N10O3/c1-2-3-6-20-9-13-22(14-10-20)23-15-11-21(12-16-23)19-26(41-28(43)24(32)7-4-17-38-30(34)35)29(44)40-25(27(33)42)8-5-18-39-31(36)37/h9-16,24-26H,2-8,17-19,32H2,1H3,(H2,33,42)(H,40,44)(H,41,43)(H4,34,35,38)(H4,36,37,39)/t24-,25-,26?/m0/s1. The quantitative estimate of drug-likeness (QED) is 0.0616. The molecule has 0 radical (unpaired) electrons. The van der Waals surface area contributed by atoms with Crippen LogP contribution >= 0.6 is 0 Å². The number of carbonyl (C=O) groups excluding carboxylic acids is 3. The number of primary amides is 1. The Morgan fingerprint density at radius 1 is 0.682 bits per heavy atom. The molecule has 2 aromatic carbocycles. The third kappa shape index (κ3) is 13.1. The number of carbonyl (C=O) groups is 3. The van der Waals surface area contributed by atoms with E-state index in [-0.39, 0.29) is 31.3 Å². The van der Waals surface area contributed by atoms with Gasteiger partial charge in [0.2, 0.25) is 17.7 Å². The topological polar surface area (TPSA) is 256 Å². The number of unbranched alkanes of at least 4 members (excludes halogenated alkanes) is 1. The van der Waals surface area contributed by atoms with E-state index in [1.807, 2.05) is 24.3 Å². The van der Waals surface area contributed by atoms with Crippen LogP contribution in [0.15, 0.2) is 58.5 Å². The van der Waals surface area contributed by atoms with Crippen molar-refractivity contribution in [2.75, 3.05) is 13.1 Å². The predicted octanol–water partition coefficient (Wildman–Crippen LogP) is 0.128. The highest BCUT2D eigenvalue weighted by Crippen LogP contribution is 2.21. The van der Waals surface area contributed by atoms with E-state index in [0.29, 0.717) is 25.8 Å². The van der Waals surface area contributed by atoms with E-state index in [1.54, 1.807) is 0 Å². The van der Waals surface area contributed by atoms with Crippen molar-refractivity contribution in [3.63, 3.8) is 0 Å². The van der Waals surface area contributed by atoms with Crippen molar-refractivity contribution in [3.8, 4) is 11.1 Å². The van der Waals surface area contributed by atoms with Gasteiger partial charge in [0.15, 0.2) is 11.9 Å². The Labute approximate surface area is 259 Å². The second kappa shape index (κ2) is 18.8. The van der Waals surface area contributed by atoms with Gasteiger partial charge in [-0.1, -0.05) is 61.9 Å². The molecule has 14 N–H and O–H groups in total. The lowest BCUT2D eigenvalue weighted by Gasteiger charge is -2.23. The van der Waals surface area contributed by atoms with Gasteiger partial charge in [-0.15, -0.1) is 0 Å². The summed E-state index contributed by atoms with van der Waals surface area (Å²) in [5.41, 5.74) is 37.2. The molecule has 0 aliphatic heterocycles. The van der Waals surface area contributed by atoms with Gasteiger partial charge in [-0.2, -0.15) is 0 Å². The van der Waals surface area contributed by atoms with Crippen LogP contribution in [0.2, 0.25) is 0 Å². The molecule has 0 aliphatic rings. The van der Waals surface area contributed by atoms with E-state index >= 15 is 0 Å². The zero-order chi connectivity index (χ0) is 32.5. The van der Waals surface area contributed by atoms with E-state index in [2.05, 4.69) is 51.8 Å². The summed E-state index contributed by atoms with van der Waals surface area (Å²) in [7, 11) is 0. The lowest BCUT2D eigenvalue weighted by atomic mass is 9.98. The van der Waals surface area contributed by atoms with Crippen LogP contribution in [0, 0.1) is 0 Å². The average molecular weight is 609 g/mol. The molecule has 44 heavy (non-hydrogen) atoms. The zero-order valence-corrected chi connectivity index (χ0v) is 25.5. The van der Waals surface area contributed by atoms with E-state index in [1.165, 1.54) is 5.56 Å². The maximum atomic E-state index is 13.4. The molecule has 13 heteroatoms. The van der Waals surface area contributed by atoms with Crippen LogP contribution in [-0.2, 0) is 27.2 Å². The summed E-state index contributed by atoms with van der Waals surface area (Å²) in [6, 6.07) is 13.3. The Bertz CT molecular complexity index is 1250. The Morgan fingerprint density at radius 2 is 1.18 bits per heavy atom. The molecule has 2 aromatic rings. The van der Waals surface area contributed by atoms with E-state index in [0.717, 1.165) is 36.0 Å². The minimum absolute atomic E-state index is 0.0444. The first-order valence-corrected chi connectivity index (χ1v) is 14.9. The minimum atomic E-state index is -1.02. The van der Waals surface area contributed by atoms with Crippen molar-refractivity contribution in [3.05, 3.63) is 59.7 Å². The number of hydrogen-bond acceptors (Lipinski definition) is 6. The smallest absolute Gasteiger partial charge is 0.243 e. The summed E-state index contributed by atoms with van der Waals surface area (Å²) in [6.45, 7) is 2.76. The van der Waals surface area contributed by atoms with Gasteiger partial charge in [-0.25, -0.2) is 0 Å². The van der Waals surface area contributed by atoms with E-state index in [9.17, 15) is 14.4 Å². The number of aliphatic imine (C=N–C) groups is 2. The molecular formula is C31H48N10O3. The number of nitrogens with two attached hydrogens (primary N) is 6. The summed E-state index contributed by atoms with van der Waals surface area (Å²) in [4.78, 5) is 46.3. The summed E-state index contributed by atoms with van der Waals surface area (Å²) < 4.78 is 0. The van der Waals surface area contributed by atoms with E-state index in [4.69, 9.17) is 34.4 Å². The molecule has 0 saturated carbocycles. The Morgan fingerprint density at radius 3 is 1.68 bits per heavy atom. The molecule has 0 aromatic heterocycles. The molecule has 3 atom stereocenters. The molecule has 0 bridgehead atoms. The number of nitrogens with zero attached hydrogens (tertiary/aromatic N) is 2. The van der Waals surface area contributed by atoms with Crippen LogP contribution in [0.1, 0.15) is 56.6 Å². The summed E-state index contributed by atoms with van der Waals surface area (Å²) >= 11 is 0. The van der Waals surface area contributed by atoms with Gasteiger partial charge in [0, 0.05) is 19.5 Å². The van der Waals surface area contributed by atoms with Crippen LogP contribution in [-0.4, -0.2) is 60.9 Å². The molecule has 0 aliphatic carbocycles. The highest BCUT2D eigenvalue weighted by atomic mass is 16.2. The predicted molar refractivity (Wildman–Crippen MR) is 175 cm³/mol. The molecule has 0 saturated heterocycles. The first-order chi connectivity index (χ1) is 21.0. The molecule has 0 heterocycles. The Kier molecular flexibility index (Phi) is 15.2. The third-order valence-corrected chi connectivity index (χ3v) is 7.04. The van der Waals surface area contributed by atoms with Gasteiger partial charge in [-0.3, -0.25) is 24.4 Å². The number of aryl methyl sites for hydroxylation is 1. The molecule has 1 unspecified atom stereocenters. The largest absolute Gasteiger partial charge is 0.370 e. The van der Waals surface area contributed by atoms with Gasteiger partial charge < -0.3 is 45.0 Å². The minimum Gasteiger partial charge on any atom is -0.370 e. The van der Waals surface area contributed by atoms with Crippen molar-refractivity contribution in [2.45, 2.75) is 76.4 Å². The maximum absolute atomic E-state index is 13.4. The second-order valence-electron chi connectivity index (χ2n) is 10.7. The molecular weight excluding hydrogens is 560 g/mol. The molecule has 13 nitrogen and oxygen atoms in total. The number of hydrogen-bond donors (Lipinski definition) is 8. The third-order valence-electron chi connectivity index (χ3n) is 7.04. The molecule has 240 valence electrons. The van der Waals surface area contributed by atoms with Crippen LogP contribution in [0.5, 0.6) is 0 Å². The van der Waals surface area contributed by atoms with Gasteiger partial charge in [-0.05, 0) is 60.8 Å². The van der Waals surface area contributed by atoms with Crippen molar-refractivity contribution in [2.24, 2.45) is 44.4 Å².